The van der Waals surface area contributed by atoms with E-state index in [2.05, 4.69) is 10.6 Å². The van der Waals surface area contributed by atoms with Crippen molar-refractivity contribution in [2.24, 2.45) is 11.8 Å². The summed E-state index contributed by atoms with van der Waals surface area (Å²) in [4.78, 5) is 21.5. The van der Waals surface area contributed by atoms with Crippen LogP contribution in [-0.4, -0.2) is 22.8 Å². The molecule has 1 heterocycles. The van der Waals surface area contributed by atoms with Crippen molar-refractivity contribution in [3.8, 4) is 0 Å². The van der Waals surface area contributed by atoms with E-state index >= 15 is 0 Å². The molecule has 2 N–H and O–H groups in total. The molecular weight excluding hydrogens is 227 g/mol. The lowest BCUT2D eigenvalue weighted by Gasteiger charge is -2.25. The van der Waals surface area contributed by atoms with E-state index < -0.39 is 16.9 Å². The molecule has 1 saturated heterocycles. The topological polar surface area (TPSA) is 58.2 Å². The molecule has 1 aliphatic heterocycles. The minimum Gasteiger partial charge on any atom is -0.326 e. The van der Waals surface area contributed by atoms with Gasteiger partial charge in [0.1, 0.15) is 10.9 Å². The number of hydrogen-bond donors (Lipinski definition) is 2. The predicted molar refractivity (Wildman–Crippen MR) is 54.3 cm³/mol. The fourth-order valence-electron chi connectivity index (χ4n) is 1.52. The number of halogens is 2. The van der Waals surface area contributed by atoms with Gasteiger partial charge in [-0.25, -0.2) is 4.79 Å². The summed E-state index contributed by atoms with van der Waals surface area (Å²) in [5, 5.41) is 4.65. The van der Waals surface area contributed by atoms with Crippen LogP contribution in [0.25, 0.3) is 0 Å². The maximum Gasteiger partial charge on any atom is 0.322 e. The van der Waals surface area contributed by atoms with Crippen LogP contribution < -0.4 is 10.6 Å². The molecule has 0 aromatic rings. The first-order chi connectivity index (χ1) is 6.43. The first-order valence-corrected chi connectivity index (χ1v) is 5.20. The van der Waals surface area contributed by atoms with Crippen molar-refractivity contribution in [3.05, 3.63) is 0 Å². The number of urea groups is 1. The summed E-state index contributed by atoms with van der Waals surface area (Å²) in [6.07, 6.45) is 0. The van der Waals surface area contributed by atoms with E-state index in [0.29, 0.717) is 0 Å². The monoisotopic (exact) mass is 238 g/mol. The van der Waals surface area contributed by atoms with Gasteiger partial charge in [-0.05, 0) is 5.92 Å². The zero-order valence-corrected chi connectivity index (χ0v) is 9.39. The molecule has 0 radical (unpaired) electrons. The van der Waals surface area contributed by atoms with E-state index in [4.69, 9.17) is 23.2 Å². The van der Waals surface area contributed by atoms with Gasteiger partial charge in [0.15, 0.2) is 0 Å². The molecule has 6 heteroatoms. The van der Waals surface area contributed by atoms with Crippen molar-refractivity contribution in [3.63, 3.8) is 0 Å². The molecule has 0 saturated carbocycles. The second-order valence-electron chi connectivity index (χ2n) is 3.60. The van der Waals surface area contributed by atoms with Crippen LogP contribution in [-0.2, 0) is 4.79 Å². The lowest BCUT2D eigenvalue weighted by atomic mass is 9.90. The van der Waals surface area contributed by atoms with Crippen LogP contribution in [0.4, 0.5) is 4.79 Å². The molecule has 2 atom stereocenters. The van der Waals surface area contributed by atoms with Gasteiger partial charge in [0, 0.05) is 5.92 Å². The van der Waals surface area contributed by atoms with Crippen LogP contribution >= 0.6 is 23.2 Å². The standard InChI is InChI=1S/C8H12Cl2N2O2/c1-3(2)4(6(9)10)5-7(13)12-8(14)11-5/h3-6H,1-2H3,(H2,11,12,13,14). The summed E-state index contributed by atoms with van der Waals surface area (Å²) in [6, 6.07) is -1.11. The first kappa shape index (κ1) is 11.6. The van der Waals surface area contributed by atoms with Crippen LogP contribution in [0.1, 0.15) is 13.8 Å². The molecule has 3 amide bonds. The fraction of sp³-hybridized carbons (Fsp3) is 0.750. The van der Waals surface area contributed by atoms with E-state index in [1.165, 1.54) is 0 Å². The van der Waals surface area contributed by atoms with Gasteiger partial charge in [-0.15, -0.1) is 23.2 Å². The van der Waals surface area contributed by atoms with E-state index in [1.54, 1.807) is 0 Å². The van der Waals surface area contributed by atoms with Gasteiger partial charge in [-0.2, -0.15) is 0 Å². The summed E-state index contributed by atoms with van der Waals surface area (Å²) >= 11 is 11.5. The van der Waals surface area contributed by atoms with E-state index in [9.17, 15) is 9.59 Å². The summed E-state index contributed by atoms with van der Waals surface area (Å²) in [7, 11) is 0. The van der Waals surface area contributed by atoms with Gasteiger partial charge >= 0.3 is 6.03 Å². The molecule has 0 bridgehead atoms. The van der Waals surface area contributed by atoms with Crippen molar-refractivity contribution in [2.75, 3.05) is 0 Å². The maximum atomic E-state index is 11.3. The minimum atomic E-state index is -0.677. The average molecular weight is 239 g/mol. The van der Waals surface area contributed by atoms with E-state index in [1.807, 2.05) is 13.8 Å². The third-order valence-electron chi connectivity index (χ3n) is 2.25. The molecule has 0 aromatic heterocycles. The van der Waals surface area contributed by atoms with Crippen LogP contribution in [0.3, 0.4) is 0 Å². The number of nitrogens with one attached hydrogen (secondary N) is 2. The zero-order valence-electron chi connectivity index (χ0n) is 7.88. The lowest BCUT2D eigenvalue weighted by molar-refractivity contribution is -0.121. The lowest BCUT2D eigenvalue weighted by Crippen LogP contribution is -2.42. The number of amides is 3. The Balaban J connectivity index is 2.79. The molecule has 14 heavy (non-hydrogen) atoms. The summed E-state index contributed by atoms with van der Waals surface area (Å²) < 4.78 is 0. The van der Waals surface area contributed by atoms with Crippen molar-refractivity contribution in [1.82, 2.24) is 10.6 Å². The van der Waals surface area contributed by atoms with E-state index in [-0.39, 0.29) is 17.7 Å². The van der Waals surface area contributed by atoms with Gasteiger partial charge in [0.25, 0.3) is 5.91 Å². The average Bonchev–Trinajstić information content (AvgIpc) is 2.29. The molecule has 0 aromatic carbocycles. The molecule has 2 unspecified atom stereocenters. The molecule has 1 rings (SSSR count). The van der Waals surface area contributed by atoms with Crippen molar-refractivity contribution < 1.29 is 9.59 Å². The van der Waals surface area contributed by atoms with Crippen molar-refractivity contribution in [1.29, 1.82) is 0 Å². The quantitative estimate of drug-likeness (QED) is 0.575. The Labute approximate surface area is 92.3 Å². The molecule has 4 nitrogen and oxygen atoms in total. The Morgan fingerprint density at radius 3 is 2.14 bits per heavy atom. The van der Waals surface area contributed by atoms with Gasteiger partial charge in [-0.3, -0.25) is 10.1 Å². The largest absolute Gasteiger partial charge is 0.326 e. The smallest absolute Gasteiger partial charge is 0.322 e. The Bertz CT molecular complexity index is 248. The second-order valence-corrected chi connectivity index (χ2v) is 4.76. The molecule has 80 valence electrons. The molecule has 1 aliphatic rings. The predicted octanol–water partition coefficient (Wildman–Crippen LogP) is 1.27. The number of carbonyl (C=O) groups is 2. The van der Waals surface area contributed by atoms with Gasteiger partial charge in [-0.1, -0.05) is 13.8 Å². The number of carbonyl (C=O) groups excluding carboxylic acids is 2. The van der Waals surface area contributed by atoms with Crippen LogP contribution in [0.2, 0.25) is 0 Å². The van der Waals surface area contributed by atoms with Gasteiger partial charge < -0.3 is 5.32 Å². The number of imide groups is 1. The highest BCUT2D eigenvalue weighted by atomic mass is 35.5. The highest BCUT2D eigenvalue weighted by molar-refractivity contribution is 6.44. The Hall–Kier alpha value is -0.480. The Kier molecular flexibility index (Phi) is 3.61. The number of rotatable bonds is 3. The highest BCUT2D eigenvalue weighted by Crippen LogP contribution is 2.27. The van der Waals surface area contributed by atoms with Gasteiger partial charge in [0.05, 0.1) is 0 Å². The third kappa shape index (κ3) is 2.30. The Morgan fingerprint density at radius 2 is 1.86 bits per heavy atom. The molecule has 0 aliphatic carbocycles. The summed E-state index contributed by atoms with van der Waals surface area (Å²) in [5.41, 5.74) is 0. The van der Waals surface area contributed by atoms with Crippen molar-refractivity contribution >= 4 is 35.1 Å². The molecule has 1 fully saturated rings. The second kappa shape index (κ2) is 4.36. The van der Waals surface area contributed by atoms with Crippen molar-refractivity contribution in [2.45, 2.75) is 24.7 Å². The minimum absolute atomic E-state index is 0.115. The summed E-state index contributed by atoms with van der Waals surface area (Å²) in [6.45, 7) is 3.81. The zero-order chi connectivity index (χ0) is 10.9. The SMILES string of the molecule is CC(C)C(C(Cl)Cl)C1NC(=O)NC1=O. The number of alkyl halides is 2. The van der Waals surface area contributed by atoms with Crippen LogP contribution in [0.15, 0.2) is 0 Å². The first-order valence-electron chi connectivity index (χ1n) is 4.33. The normalized spacial score (nSPS) is 24.0. The van der Waals surface area contributed by atoms with Crippen LogP contribution in [0, 0.1) is 11.8 Å². The fourth-order valence-corrected chi connectivity index (χ4v) is 2.40. The highest BCUT2D eigenvalue weighted by Gasteiger charge is 2.40. The number of hydrogen-bond acceptors (Lipinski definition) is 2. The Morgan fingerprint density at radius 1 is 1.29 bits per heavy atom. The molecular formula is C8H12Cl2N2O2. The van der Waals surface area contributed by atoms with E-state index in [0.717, 1.165) is 0 Å². The summed E-state index contributed by atoms with van der Waals surface area (Å²) in [5.74, 6) is -0.520. The maximum absolute atomic E-state index is 11.3. The van der Waals surface area contributed by atoms with Gasteiger partial charge in [0.2, 0.25) is 0 Å². The molecule has 0 spiro atoms. The van der Waals surface area contributed by atoms with Crippen LogP contribution in [0.5, 0.6) is 0 Å². The third-order valence-corrected chi connectivity index (χ3v) is 2.83.